The normalized spacial score (nSPS) is 12.1. The smallest absolute Gasteiger partial charge is 0.235 e. The number of hydrogen-bond acceptors (Lipinski definition) is 3. The Morgan fingerprint density at radius 3 is 1.72 bits per heavy atom. The molecule has 0 unspecified atom stereocenters. The Bertz CT molecular complexity index is 3490. The van der Waals surface area contributed by atoms with Crippen LogP contribution in [0.3, 0.4) is 0 Å². The Morgan fingerprint density at radius 1 is 0.370 bits per heavy atom. The summed E-state index contributed by atoms with van der Waals surface area (Å²) in [6.45, 7) is 0. The Labute approximate surface area is 309 Å². The lowest BCUT2D eigenvalue weighted by molar-refractivity contribution is 0.671. The number of furan rings is 1. The van der Waals surface area contributed by atoms with Crippen LogP contribution < -0.4 is 0 Å². The third kappa shape index (κ3) is 4.08. The van der Waals surface area contributed by atoms with E-state index in [4.69, 9.17) is 14.4 Å². The molecule has 0 spiro atoms. The van der Waals surface area contributed by atoms with E-state index in [0.29, 0.717) is 5.95 Å². The number of para-hydroxylation sites is 1. The van der Waals surface area contributed by atoms with Gasteiger partial charge >= 0.3 is 0 Å². The highest BCUT2D eigenvalue weighted by atomic mass is 16.3. The van der Waals surface area contributed by atoms with E-state index in [1.165, 1.54) is 16.3 Å². The van der Waals surface area contributed by atoms with Gasteiger partial charge in [-0.15, -0.1) is 0 Å². The summed E-state index contributed by atoms with van der Waals surface area (Å²) >= 11 is 0. The predicted molar refractivity (Wildman–Crippen MR) is 225 cm³/mol. The van der Waals surface area contributed by atoms with Gasteiger partial charge in [0.1, 0.15) is 11.1 Å². The Hall–Kier alpha value is -7.30. The van der Waals surface area contributed by atoms with Gasteiger partial charge in [-0.3, -0.25) is 4.57 Å². The SMILES string of the molecule is c1ccc(-c2ccc(-c3nc(-n4c5c6ccccc6ccc5c5c6ccccc6c6c7ccccc7oc6c54)nc4c3ccc3ccccc34)cc2)cc1. The van der Waals surface area contributed by atoms with Gasteiger partial charge in [-0.25, -0.2) is 9.97 Å². The molecular weight excluding hydrogens is 659 g/mol. The molecule has 0 aliphatic rings. The quantitative estimate of drug-likeness (QED) is 0.174. The molecule has 54 heavy (non-hydrogen) atoms. The molecule has 4 nitrogen and oxygen atoms in total. The molecule has 4 heteroatoms. The van der Waals surface area contributed by atoms with Gasteiger partial charge in [0.15, 0.2) is 5.58 Å². The number of benzene rings is 9. The average molecular weight is 688 g/mol. The first-order chi connectivity index (χ1) is 26.8. The van der Waals surface area contributed by atoms with Gasteiger partial charge in [0, 0.05) is 43.3 Å². The van der Waals surface area contributed by atoms with Gasteiger partial charge in [0.25, 0.3) is 0 Å². The predicted octanol–water partition coefficient (Wildman–Crippen LogP) is 13.4. The molecule has 0 bridgehead atoms. The highest BCUT2D eigenvalue weighted by Crippen LogP contribution is 2.47. The van der Waals surface area contributed by atoms with Crippen LogP contribution in [0.5, 0.6) is 0 Å². The van der Waals surface area contributed by atoms with Crippen molar-refractivity contribution in [2.75, 3.05) is 0 Å². The molecule has 12 rings (SSSR count). The molecule has 3 heterocycles. The molecule has 0 aliphatic carbocycles. The van der Waals surface area contributed by atoms with Gasteiger partial charge in [0.2, 0.25) is 5.95 Å². The molecule has 0 amide bonds. The minimum absolute atomic E-state index is 0.606. The van der Waals surface area contributed by atoms with E-state index in [-0.39, 0.29) is 0 Å². The van der Waals surface area contributed by atoms with Gasteiger partial charge in [-0.05, 0) is 44.8 Å². The molecule has 250 valence electrons. The molecule has 0 radical (unpaired) electrons. The summed E-state index contributed by atoms with van der Waals surface area (Å²) in [5.74, 6) is 0.606. The van der Waals surface area contributed by atoms with Crippen LogP contribution in [0.25, 0.3) is 115 Å². The zero-order chi connectivity index (χ0) is 35.3. The molecular formula is C50H29N3O. The standard InChI is InChI=1S/C50H29N3O/c1-2-12-30(13-3-1)31-22-24-34(25-23-31)45-41-29-27-32-14-4-6-16-35(32)46(41)52-50(51-45)53-47-36-17-7-5-15-33(36)26-28-40(47)43-37-18-8-9-19-38(37)44-39-20-10-11-21-42(39)54-49(44)48(43)53/h1-29H. The summed E-state index contributed by atoms with van der Waals surface area (Å²) in [5.41, 5.74) is 8.90. The van der Waals surface area contributed by atoms with Crippen molar-refractivity contribution in [1.82, 2.24) is 14.5 Å². The van der Waals surface area contributed by atoms with Crippen molar-refractivity contribution in [2.24, 2.45) is 0 Å². The first-order valence-electron chi connectivity index (χ1n) is 18.3. The fourth-order valence-electron chi connectivity index (χ4n) is 8.76. The maximum atomic E-state index is 6.93. The van der Waals surface area contributed by atoms with E-state index in [9.17, 15) is 0 Å². The third-order valence-corrected chi connectivity index (χ3v) is 11.2. The highest BCUT2D eigenvalue weighted by molar-refractivity contribution is 6.36. The molecule has 0 fully saturated rings. The van der Waals surface area contributed by atoms with E-state index < -0.39 is 0 Å². The molecule has 9 aromatic carbocycles. The average Bonchev–Trinajstić information content (AvgIpc) is 3.81. The van der Waals surface area contributed by atoms with Gasteiger partial charge in [-0.1, -0.05) is 164 Å². The first kappa shape index (κ1) is 29.3. The molecule has 3 aromatic heterocycles. The van der Waals surface area contributed by atoms with Gasteiger partial charge < -0.3 is 4.42 Å². The third-order valence-electron chi connectivity index (χ3n) is 11.2. The topological polar surface area (TPSA) is 43.9 Å². The fraction of sp³-hybridized carbons (Fsp3) is 0. The zero-order valence-electron chi connectivity index (χ0n) is 29.0. The summed E-state index contributed by atoms with van der Waals surface area (Å²) < 4.78 is 9.21. The molecule has 0 saturated heterocycles. The lowest BCUT2D eigenvalue weighted by atomic mass is 9.98. The van der Waals surface area contributed by atoms with Crippen molar-refractivity contribution in [1.29, 1.82) is 0 Å². The minimum atomic E-state index is 0.606. The summed E-state index contributed by atoms with van der Waals surface area (Å²) in [6, 6.07) is 62.3. The molecule has 12 aromatic rings. The lowest BCUT2D eigenvalue weighted by Crippen LogP contribution is -2.04. The van der Waals surface area contributed by atoms with E-state index in [0.717, 1.165) is 93.0 Å². The van der Waals surface area contributed by atoms with Crippen molar-refractivity contribution in [2.45, 2.75) is 0 Å². The lowest BCUT2D eigenvalue weighted by Gasteiger charge is -2.14. The second-order valence-corrected chi connectivity index (χ2v) is 14.1. The Morgan fingerprint density at radius 2 is 0.944 bits per heavy atom. The van der Waals surface area contributed by atoms with Crippen LogP contribution in [-0.4, -0.2) is 14.5 Å². The van der Waals surface area contributed by atoms with Crippen molar-refractivity contribution in [3.63, 3.8) is 0 Å². The van der Waals surface area contributed by atoms with Crippen LogP contribution in [0.15, 0.2) is 180 Å². The number of fused-ring (bicyclic) bond motifs is 15. The molecule has 0 aliphatic heterocycles. The fourth-order valence-corrected chi connectivity index (χ4v) is 8.76. The van der Waals surface area contributed by atoms with Crippen molar-refractivity contribution in [3.8, 4) is 28.3 Å². The first-order valence-corrected chi connectivity index (χ1v) is 18.3. The van der Waals surface area contributed by atoms with E-state index in [1.807, 2.05) is 6.07 Å². The zero-order valence-corrected chi connectivity index (χ0v) is 29.0. The maximum Gasteiger partial charge on any atom is 0.235 e. The van der Waals surface area contributed by atoms with Gasteiger partial charge in [0.05, 0.1) is 16.7 Å². The van der Waals surface area contributed by atoms with Crippen molar-refractivity contribution >= 4 is 87.0 Å². The van der Waals surface area contributed by atoms with Crippen LogP contribution in [-0.2, 0) is 0 Å². The van der Waals surface area contributed by atoms with Crippen molar-refractivity contribution in [3.05, 3.63) is 176 Å². The summed E-state index contributed by atoms with van der Waals surface area (Å²) in [7, 11) is 0. The number of aromatic nitrogens is 3. The Balaban J connectivity index is 1.28. The number of nitrogens with zero attached hydrogens (tertiary/aromatic N) is 3. The van der Waals surface area contributed by atoms with Gasteiger partial charge in [-0.2, -0.15) is 0 Å². The summed E-state index contributed by atoms with van der Waals surface area (Å²) in [5, 5.41) is 12.3. The maximum absolute atomic E-state index is 6.93. The van der Waals surface area contributed by atoms with E-state index in [1.54, 1.807) is 0 Å². The molecule has 0 N–H and O–H groups in total. The molecule has 0 saturated carbocycles. The second-order valence-electron chi connectivity index (χ2n) is 14.1. The van der Waals surface area contributed by atoms with E-state index >= 15 is 0 Å². The van der Waals surface area contributed by atoms with Crippen LogP contribution in [0.1, 0.15) is 0 Å². The number of rotatable bonds is 3. The van der Waals surface area contributed by atoms with Crippen LogP contribution in [0, 0.1) is 0 Å². The van der Waals surface area contributed by atoms with Crippen LogP contribution in [0.2, 0.25) is 0 Å². The van der Waals surface area contributed by atoms with E-state index in [2.05, 4.69) is 174 Å². The van der Waals surface area contributed by atoms with Crippen molar-refractivity contribution < 1.29 is 4.42 Å². The summed E-state index contributed by atoms with van der Waals surface area (Å²) in [6.07, 6.45) is 0. The second kappa shape index (κ2) is 11.1. The highest BCUT2D eigenvalue weighted by Gasteiger charge is 2.26. The Kier molecular flexibility index (Phi) is 6.02. The monoisotopic (exact) mass is 687 g/mol. The van der Waals surface area contributed by atoms with Crippen LogP contribution in [0.4, 0.5) is 0 Å². The van der Waals surface area contributed by atoms with Crippen LogP contribution >= 0.6 is 0 Å². The number of hydrogen-bond donors (Lipinski definition) is 0. The summed E-state index contributed by atoms with van der Waals surface area (Å²) in [4.78, 5) is 11.1. The molecule has 0 atom stereocenters. The largest absolute Gasteiger partial charge is 0.454 e. The minimum Gasteiger partial charge on any atom is -0.454 e.